The molecule has 2 fully saturated rings. The van der Waals surface area contributed by atoms with E-state index in [0.717, 1.165) is 18.5 Å². The quantitative estimate of drug-likeness (QED) is 0.703. The number of hydrogen-bond donors (Lipinski definition) is 1. The highest BCUT2D eigenvalue weighted by molar-refractivity contribution is 4.82. The van der Waals surface area contributed by atoms with Gasteiger partial charge in [-0.25, -0.2) is 0 Å². The lowest BCUT2D eigenvalue weighted by molar-refractivity contribution is 0.170. The van der Waals surface area contributed by atoms with Crippen LogP contribution in [0.5, 0.6) is 0 Å². The molecular formula is C14H28N2. The molecule has 16 heavy (non-hydrogen) atoms. The van der Waals surface area contributed by atoms with Crippen LogP contribution in [0.15, 0.2) is 0 Å². The summed E-state index contributed by atoms with van der Waals surface area (Å²) in [6, 6.07) is 0.884. The summed E-state index contributed by atoms with van der Waals surface area (Å²) >= 11 is 0. The zero-order valence-corrected chi connectivity index (χ0v) is 10.7. The molecule has 0 amide bonds. The van der Waals surface area contributed by atoms with Crippen LogP contribution in [0.25, 0.3) is 0 Å². The van der Waals surface area contributed by atoms with Gasteiger partial charge in [0.2, 0.25) is 0 Å². The fourth-order valence-electron chi connectivity index (χ4n) is 2.97. The fourth-order valence-corrected chi connectivity index (χ4v) is 2.97. The average molecular weight is 224 g/mol. The van der Waals surface area contributed by atoms with Crippen LogP contribution in [0.1, 0.15) is 57.8 Å². The van der Waals surface area contributed by atoms with Crippen LogP contribution in [-0.2, 0) is 0 Å². The number of hydrogen-bond acceptors (Lipinski definition) is 2. The van der Waals surface area contributed by atoms with E-state index in [4.69, 9.17) is 5.73 Å². The zero-order chi connectivity index (χ0) is 11.2. The molecule has 2 aliphatic carbocycles. The van der Waals surface area contributed by atoms with Crippen molar-refractivity contribution in [1.29, 1.82) is 0 Å². The van der Waals surface area contributed by atoms with Crippen molar-refractivity contribution in [1.82, 2.24) is 4.90 Å². The molecule has 0 radical (unpaired) electrons. The van der Waals surface area contributed by atoms with E-state index in [9.17, 15) is 0 Å². The molecule has 2 aliphatic rings. The van der Waals surface area contributed by atoms with E-state index in [2.05, 4.69) is 4.90 Å². The number of rotatable bonds is 6. The Morgan fingerprint density at radius 2 is 1.62 bits per heavy atom. The highest BCUT2D eigenvalue weighted by Gasteiger charge is 2.27. The van der Waals surface area contributed by atoms with Gasteiger partial charge in [0.25, 0.3) is 0 Å². The Morgan fingerprint density at radius 3 is 2.19 bits per heavy atom. The Kier molecular flexibility index (Phi) is 5.11. The molecule has 2 saturated carbocycles. The zero-order valence-electron chi connectivity index (χ0n) is 10.7. The summed E-state index contributed by atoms with van der Waals surface area (Å²) in [5.41, 5.74) is 5.66. The highest BCUT2D eigenvalue weighted by atomic mass is 15.2. The lowest BCUT2D eigenvalue weighted by Crippen LogP contribution is -2.38. The van der Waals surface area contributed by atoms with Crippen LogP contribution >= 0.6 is 0 Å². The van der Waals surface area contributed by atoms with E-state index >= 15 is 0 Å². The minimum absolute atomic E-state index is 0.855. The minimum Gasteiger partial charge on any atom is -0.330 e. The Morgan fingerprint density at radius 1 is 0.938 bits per heavy atom. The second kappa shape index (κ2) is 6.61. The van der Waals surface area contributed by atoms with Crippen molar-refractivity contribution in [3.05, 3.63) is 0 Å². The standard InChI is InChI=1S/C14H28N2/c15-10-5-11-16(12-13-8-9-13)14-6-3-1-2-4-7-14/h13-14H,1-12,15H2. The minimum atomic E-state index is 0.855. The highest BCUT2D eigenvalue weighted by Crippen LogP contribution is 2.32. The van der Waals surface area contributed by atoms with Crippen molar-refractivity contribution in [2.75, 3.05) is 19.6 Å². The third-order valence-electron chi connectivity index (χ3n) is 4.18. The predicted molar refractivity (Wildman–Crippen MR) is 69.5 cm³/mol. The third kappa shape index (κ3) is 4.06. The van der Waals surface area contributed by atoms with Crippen molar-refractivity contribution < 1.29 is 0 Å². The van der Waals surface area contributed by atoms with E-state index in [1.54, 1.807) is 0 Å². The van der Waals surface area contributed by atoms with Gasteiger partial charge < -0.3 is 10.6 Å². The molecule has 0 aliphatic heterocycles. The molecule has 0 spiro atoms. The maximum atomic E-state index is 5.66. The SMILES string of the molecule is NCCCN(CC1CC1)C1CCCCCC1. The van der Waals surface area contributed by atoms with Crippen molar-refractivity contribution in [3.63, 3.8) is 0 Å². The molecule has 94 valence electrons. The Bertz CT molecular complexity index is 181. The molecule has 0 aromatic carbocycles. The second-order valence-electron chi connectivity index (χ2n) is 5.73. The van der Waals surface area contributed by atoms with Gasteiger partial charge in [-0.2, -0.15) is 0 Å². The topological polar surface area (TPSA) is 29.3 Å². The van der Waals surface area contributed by atoms with Crippen LogP contribution < -0.4 is 5.73 Å². The summed E-state index contributed by atoms with van der Waals surface area (Å²) in [4.78, 5) is 2.77. The molecule has 0 aromatic heterocycles. The molecule has 2 N–H and O–H groups in total. The first-order chi connectivity index (χ1) is 7.90. The maximum absolute atomic E-state index is 5.66. The van der Waals surface area contributed by atoms with Gasteiger partial charge >= 0.3 is 0 Å². The predicted octanol–water partition coefficient (Wildman–Crippen LogP) is 2.77. The van der Waals surface area contributed by atoms with Crippen molar-refractivity contribution in [3.8, 4) is 0 Å². The van der Waals surface area contributed by atoms with Crippen molar-refractivity contribution >= 4 is 0 Å². The first-order valence-corrected chi connectivity index (χ1v) is 7.34. The van der Waals surface area contributed by atoms with Crippen molar-refractivity contribution in [2.24, 2.45) is 11.7 Å². The van der Waals surface area contributed by atoms with E-state index < -0.39 is 0 Å². The van der Waals surface area contributed by atoms with Gasteiger partial charge in [0.1, 0.15) is 0 Å². The second-order valence-corrected chi connectivity index (χ2v) is 5.73. The van der Waals surface area contributed by atoms with Crippen LogP contribution in [0, 0.1) is 5.92 Å². The lowest BCUT2D eigenvalue weighted by Gasteiger charge is -2.31. The molecule has 2 heteroatoms. The Hall–Kier alpha value is -0.0800. The molecule has 2 nitrogen and oxygen atoms in total. The van der Waals surface area contributed by atoms with E-state index in [0.29, 0.717) is 0 Å². The first-order valence-electron chi connectivity index (χ1n) is 7.34. The number of nitrogens with two attached hydrogens (primary N) is 1. The van der Waals surface area contributed by atoms with Crippen molar-refractivity contribution in [2.45, 2.75) is 63.8 Å². The molecule has 0 heterocycles. The van der Waals surface area contributed by atoms with Gasteiger partial charge in [-0.05, 0) is 51.1 Å². The lowest BCUT2D eigenvalue weighted by atomic mass is 10.1. The van der Waals surface area contributed by atoms with Gasteiger partial charge in [-0.1, -0.05) is 25.7 Å². The monoisotopic (exact) mass is 224 g/mol. The summed E-state index contributed by atoms with van der Waals surface area (Å²) in [5, 5.41) is 0. The Balaban J connectivity index is 1.81. The van der Waals surface area contributed by atoms with Crippen LogP contribution in [0.2, 0.25) is 0 Å². The fraction of sp³-hybridized carbons (Fsp3) is 1.00. The maximum Gasteiger partial charge on any atom is 0.00953 e. The summed E-state index contributed by atoms with van der Waals surface area (Å²) < 4.78 is 0. The summed E-state index contributed by atoms with van der Waals surface area (Å²) in [5.74, 6) is 1.03. The normalized spacial score (nSPS) is 23.6. The summed E-state index contributed by atoms with van der Waals surface area (Å²) in [6.07, 6.45) is 12.9. The largest absolute Gasteiger partial charge is 0.330 e. The van der Waals surface area contributed by atoms with E-state index in [1.807, 2.05) is 0 Å². The van der Waals surface area contributed by atoms with Gasteiger partial charge in [0.15, 0.2) is 0 Å². The van der Waals surface area contributed by atoms with E-state index in [1.165, 1.54) is 70.9 Å². The van der Waals surface area contributed by atoms with Crippen LogP contribution in [0.3, 0.4) is 0 Å². The third-order valence-corrected chi connectivity index (χ3v) is 4.18. The summed E-state index contributed by atoms with van der Waals surface area (Å²) in [6.45, 7) is 3.47. The van der Waals surface area contributed by atoms with Crippen LogP contribution in [0.4, 0.5) is 0 Å². The summed E-state index contributed by atoms with van der Waals surface area (Å²) in [7, 11) is 0. The van der Waals surface area contributed by atoms with Gasteiger partial charge in [-0.3, -0.25) is 0 Å². The van der Waals surface area contributed by atoms with Gasteiger partial charge in [-0.15, -0.1) is 0 Å². The molecule has 0 atom stereocenters. The number of nitrogens with zero attached hydrogens (tertiary/aromatic N) is 1. The first kappa shape index (κ1) is 12.4. The molecular weight excluding hydrogens is 196 g/mol. The van der Waals surface area contributed by atoms with Gasteiger partial charge in [0.05, 0.1) is 0 Å². The smallest absolute Gasteiger partial charge is 0.00953 e. The molecule has 0 saturated heterocycles. The van der Waals surface area contributed by atoms with E-state index in [-0.39, 0.29) is 0 Å². The average Bonchev–Trinajstić information content (AvgIpc) is 3.10. The Labute approximate surface area is 101 Å². The molecule has 2 rings (SSSR count). The molecule has 0 aromatic rings. The van der Waals surface area contributed by atoms with Crippen LogP contribution in [-0.4, -0.2) is 30.6 Å². The molecule has 0 unspecified atom stereocenters. The molecule has 0 bridgehead atoms. The van der Waals surface area contributed by atoms with Gasteiger partial charge in [0, 0.05) is 12.6 Å².